The van der Waals surface area contributed by atoms with Crippen molar-refractivity contribution in [3.63, 3.8) is 0 Å². The van der Waals surface area contributed by atoms with Crippen molar-refractivity contribution in [2.75, 3.05) is 19.6 Å². The molecule has 1 saturated heterocycles. The van der Waals surface area contributed by atoms with Crippen molar-refractivity contribution >= 4 is 23.1 Å². The minimum Gasteiger partial charge on any atom is -0.393 e. The summed E-state index contributed by atoms with van der Waals surface area (Å²) in [7, 11) is 0. The maximum Gasteiger partial charge on any atom is 0.220 e. The summed E-state index contributed by atoms with van der Waals surface area (Å²) in [5, 5.41) is 0. The van der Waals surface area contributed by atoms with Crippen LogP contribution in [0.2, 0.25) is 0 Å². The molecule has 0 bridgehead atoms. The Morgan fingerprint density at radius 1 is 1.29 bits per heavy atom. The van der Waals surface area contributed by atoms with Crippen molar-refractivity contribution in [1.82, 2.24) is 4.90 Å². The summed E-state index contributed by atoms with van der Waals surface area (Å²) in [4.78, 5) is 14.1. The maximum atomic E-state index is 11.1. The van der Waals surface area contributed by atoms with Gasteiger partial charge in [0.2, 0.25) is 5.91 Å². The number of rotatable bonds is 5. The molecular formula is C12H21N3OS. The highest BCUT2D eigenvalue weighted by Gasteiger charge is 2.44. The van der Waals surface area contributed by atoms with Crippen LogP contribution in [0, 0.1) is 11.3 Å². The minimum absolute atomic E-state index is 0.0805. The van der Waals surface area contributed by atoms with E-state index in [9.17, 15) is 4.79 Å². The molecule has 0 aromatic heterocycles. The Bertz CT molecular complexity index is 320. The maximum absolute atomic E-state index is 11.1. The second-order valence-corrected chi connectivity index (χ2v) is 6.12. The Hall–Kier alpha value is -0.680. The molecule has 0 aromatic carbocycles. The largest absolute Gasteiger partial charge is 0.393 e. The number of likely N-dealkylation sites (tertiary alicyclic amines) is 1. The van der Waals surface area contributed by atoms with Gasteiger partial charge in [-0.15, -0.1) is 0 Å². The van der Waals surface area contributed by atoms with Crippen molar-refractivity contribution in [2.24, 2.45) is 22.8 Å². The summed E-state index contributed by atoms with van der Waals surface area (Å²) < 4.78 is 0. The van der Waals surface area contributed by atoms with Crippen LogP contribution in [-0.2, 0) is 4.79 Å². The lowest BCUT2D eigenvalue weighted by Crippen LogP contribution is -2.41. The second kappa shape index (κ2) is 4.90. The number of hydrogen-bond acceptors (Lipinski definition) is 3. The minimum atomic E-state index is -0.145. The third-order valence-corrected chi connectivity index (χ3v) is 4.20. The third kappa shape index (κ3) is 3.39. The molecular weight excluding hydrogens is 234 g/mol. The number of thiocarbonyl (C=S) groups is 1. The predicted molar refractivity (Wildman–Crippen MR) is 71.4 cm³/mol. The zero-order valence-electron chi connectivity index (χ0n) is 10.2. The van der Waals surface area contributed by atoms with Crippen molar-refractivity contribution in [1.29, 1.82) is 0 Å². The van der Waals surface area contributed by atoms with E-state index in [2.05, 4.69) is 4.90 Å². The zero-order valence-corrected chi connectivity index (χ0v) is 11.0. The van der Waals surface area contributed by atoms with Crippen LogP contribution in [0.4, 0.5) is 0 Å². The lowest BCUT2D eigenvalue weighted by molar-refractivity contribution is -0.123. The van der Waals surface area contributed by atoms with Gasteiger partial charge >= 0.3 is 0 Å². The van der Waals surface area contributed by atoms with Gasteiger partial charge in [0.15, 0.2) is 0 Å². The summed E-state index contributed by atoms with van der Waals surface area (Å²) in [6.45, 7) is 3.04. The van der Waals surface area contributed by atoms with Crippen LogP contribution in [0.1, 0.15) is 32.1 Å². The van der Waals surface area contributed by atoms with Crippen LogP contribution < -0.4 is 11.5 Å². The van der Waals surface area contributed by atoms with Gasteiger partial charge in [0.25, 0.3) is 0 Å². The number of hydrogen-bond donors (Lipinski definition) is 2. The standard InChI is InChI=1S/C12H21N3OS/c13-10(17)7-12(3-4-12)8-15-5-1-9(2-6-15)11(14)16/h9H,1-8H2,(H2,13,17)(H2,14,16). The highest BCUT2D eigenvalue weighted by atomic mass is 32.1. The van der Waals surface area contributed by atoms with Crippen LogP contribution in [-0.4, -0.2) is 35.4 Å². The fourth-order valence-electron chi connectivity index (χ4n) is 2.79. The van der Waals surface area contributed by atoms with Crippen molar-refractivity contribution in [3.8, 4) is 0 Å². The summed E-state index contributed by atoms with van der Waals surface area (Å²) in [6, 6.07) is 0. The zero-order chi connectivity index (χ0) is 12.5. The van der Waals surface area contributed by atoms with E-state index >= 15 is 0 Å². The van der Waals surface area contributed by atoms with Gasteiger partial charge in [0.1, 0.15) is 0 Å². The topological polar surface area (TPSA) is 72.4 Å². The van der Waals surface area contributed by atoms with E-state index in [4.69, 9.17) is 23.7 Å². The molecule has 4 N–H and O–H groups in total. The van der Waals surface area contributed by atoms with Crippen LogP contribution in [0.25, 0.3) is 0 Å². The van der Waals surface area contributed by atoms with Gasteiger partial charge in [-0.05, 0) is 44.2 Å². The second-order valence-electron chi connectivity index (χ2n) is 5.60. The van der Waals surface area contributed by atoms with E-state index in [0.29, 0.717) is 10.4 Å². The van der Waals surface area contributed by atoms with Gasteiger partial charge < -0.3 is 16.4 Å². The molecule has 1 aliphatic carbocycles. The molecule has 2 aliphatic rings. The average molecular weight is 255 g/mol. The number of nitrogens with two attached hydrogens (primary N) is 2. The first-order valence-electron chi connectivity index (χ1n) is 6.31. The Labute approximate surface area is 108 Å². The molecule has 5 heteroatoms. The molecule has 2 fully saturated rings. The number of nitrogens with zero attached hydrogens (tertiary/aromatic N) is 1. The highest BCUT2D eigenvalue weighted by molar-refractivity contribution is 7.80. The van der Waals surface area contributed by atoms with Gasteiger partial charge in [0.05, 0.1) is 4.99 Å². The molecule has 1 saturated carbocycles. The normalized spacial score (nSPS) is 24.5. The Balaban J connectivity index is 1.78. The van der Waals surface area contributed by atoms with Crippen molar-refractivity contribution < 1.29 is 4.79 Å². The van der Waals surface area contributed by atoms with Crippen LogP contribution in [0.5, 0.6) is 0 Å². The number of carbonyl (C=O) groups is 1. The van der Waals surface area contributed by atoms with Crippen LogP contribution in [0.15, 0.2) is 0 Å². The summed E-state index contributed by atoms with van der Waals surface area (Å²) in [5.74, 6) is -0.0640. The van der Waals surface area contributed by atoms with Crippen molar-refractivity contribution in [2.45, 2.75) is 32.1 Å². The molecule has 1 aliphatic heterocycles. The van der Waals surface area contributed by atoms with E-state index in [1.165, 1.54) is 12.8 Å². The molecule has 96 valence electrons. The van der Waals surface area contributed by atoms with E-state index in [1.54, 1.807) is 0 Å². The fraction of sp³-hybridized carbons (Fsp3) is 0.833. The van der Waals surface area contributed by atoms with E-state index in [-0.39, 0.29) is 11.8 Å². The number of amides is 1. The van der Waals surface area contributed by atoms with E-state index in [0.717, 1.165) is 38.9 Å². The lowest BCUT2D eigenvalue weighted by atomic mass is 9.94. The van der Waals surface area contributed by atoms with Crippen LogP contribution >= 0.6 is 12.2 Å². The molecule has 0 spiro atoms. The first-order valence-corrected chi connectivity index (χ1v) is 6.72. The predicted octanol–water partition coefficient (Wildman–Crippen LogP) is 0.640. The SMILES string of the molecule is NC(=O)C1CCN(CC2(CC(N)=S)CC2)CC1. The van der Waals surface area contributed by atoms with Crippen LogP contribution in [0.3, 0.4) is 0 Å². The van der Waals surface area contributed by atoms with Gasteiger partial charge in [-0.1, -0.05) is 12.2 Å². The van der Waals surface area contributed by atoms with E-state index in [1.807, 2.05) is 0 Å². The smallest absolute Gasteiger partial charge is 0.220 e. The quantitative estimate of drug-likeness (QED) is 0.707. The fourth-order valence-corrected chi connectivity index (χ4v) is 3.09. The van der Waals surface area contributed by atoms with Gasteiger partial charge in [0, 0.05) is 18.9 Å². The molecule has 1 amide bonds. The number of primary amides is 1. The first kappa shape index (κ1) is 12.8. The molecule has 0 atom stereocenters. The van der Waals surface area contributed by atoms with E-state index < -0.39 is 0 Å². The molecule has 1 heterocycles. The molecule has 0 radical (unpaired) electrons. The van der Waals surface area contributed by atoms with Gasteiger partial charge in [-0.2, -0.15) is 0 Å². The molecule has 0 aromatic rings. The third-order valence-electron chi connectivity index (χ3n) is 4.06. The van der Waals surface area contributed by atoms with Gasteiger partial charge in [-0.3, -0.25) is 4.79 Å². The van der Waals surface area contributed by atoms with Gasteiger partial charge in [-0.25, -0.2) is 0 Å². The molecule has 4 nitrogen and oxygen atoms in total. The monoisotopic (exact) mass is 255 g/mol. The Kier molecular flexibility index (Phi) is 3.68. The Morgan fingerprint density at radius 2 is 1.88 bits per heavy atom. The van der Waals surface area contributed by atoms with Crippen molar-refractivity contribution in [3.05, 3.63) is 0 Å². The highest BCUT2D eigenvalue weighted by Crippen LogP contribution is 2.49. The Morgan fingerprint density at radius 3 is 2.29 bits per heavy atom. The molecule has 0 unspecified atom stereocenters. The summed E-state index contributed by atoms with van der Waals surface area (Å²) >= 11 is 5.00. The summed E-state index contributed by atoms with van der Waals surface area (Å²) in [6.07, 6.45) is 5.15. The summed E-state index contributed by atoms with van der Waals surface area (Å²) in [5.41, 5.74) is 11.3. The average Bonchev–Trinajstić information content (AvgIpc) is 2.97. The first-order chi connectivity index (χ1) is 8.01. The molecule has 17 heavy (non-hydrogen) atoms. The molecule has 2 rings (SSSR count). The number of piperidine rings is 1. The lowest BCUT2D eigenvalue weighted by Gasteiger charge is -2.33. The number of carbonyl (C=O) groups excluding carboxylic acids is 1.